The van der Waals surface area contributed by atoms with Crippen molar-refractivity contribution in [1.29, 1.82) is 0 Å². The summed E-state index contributed by atoms with van der Waals surface area (Å²) in [5.41, 5.74) is 0. The molecular weight excluding hydrogens is 781 g/mol. The second-order valence-corrected chi connectivity index (χ2v) is 17.7. The molecule has 6 heteroatoms. The summed E-state index contributed by atoms with van der Waals surface area (Å²) in [5.74, 6) is -0.910. The lowest BCUT2D eigenvalue weighted by atomic mass is 10.1. The Morgan fingerprint density at radius 3 is 1.00 bits per heavy atom. The lowest BCUT2D eigenvalue weighted by Crippen LogP contribution is -2.30. The molecule has 1 unspecified atom stereocenters. The Morgan fingerprint density at radius 2 is 0.619 bits per heavy atom. The highest BCUT2D eigenvalue weighted by molar-refractivity contribution is 5.71. The Bertz CT molecular complexity index is 1150. The Labute approximate surface area is 390 Å². The van der Waals surface area contributed by atoms with Gasteiger partial charge in [-0.1, -0.05) is 204 Å². The van der Waals surface area contributed by atoms with Gasteiger partial charge in [0.05, 0.1) is 0 Å². The van der Waals surface area contributed by atoms with E-state index >= 15 is 0 Å². The highest BCUT2D eigenvalue weighted by Gasteiger charge is 2.19. The van der Waals surface area contributed by atoms with Crippen LogP contribution in [0.15, 0.2) is 60.8 Å². The number of carbonyl (C=O) groups is 3. The van der Waals surface area contributed by atoms with E-state index in [1.54, 1.807) is 0 Å². The number of hydrogen-bond donors (Lipinski definition) is 0. The first kappa shape index (κ1) is 60.1. The minimum absolute atomic E-state index is 0.0857. The zero-order valence-corrected chi connectivity index (χ0v) is 41.6. The van der Waals surface area contributed by atoms with Gasteiger partial charge in [0, 0.05) is 19.3 Å². The van der Waals surface area contributed by atoms with Gasteiger partial charge in [-0.15, -0.1) is 0 Å². The van der Waals surface area contributed by atoms with Crippen LogP contribution in [0.5, 0.6) is 0 Å². The average molecular weight is 881 g/mol. The minimum Gasteiger partial charge on any atom is -0.462 e. The molecule has 63 heavy (non-hydrogen) atoms. The van der Waals surface area contributed by atoms with Crippen LogP contribution in [-0.4, -0.2) is 37.2 Å². The van der Waals surface area contributed by atoms with Crippen LogP contribution in [0.1, 0.15) is 265 Å². The van der Waals surface area contributed by atoms with Crippen molar-refractivity contribution in [2.45, 2.75) is 271 Å². The zero-order chi connectivity index (χ0) is 45.8. The van der Waals surface area contributed by atoms with E-state index in [4.69, 9.17) is 14.2 Å². The molecule has 0 aromatic carbocycles. The predicted octanol–water partition coefficient (Wildman–Crippen LogP) is 17.6. The molecular formula is C57H100O6. The topological polar surface area (TPSA) is 78.9 Å². The maximum atomic E-state index is 12.8. The highest BCUT2D eigenvalue weighted by Crippen LogP contribution is 2.14. The number of carbonyl (C=O) groups excluding carboxylic acids is 3. The highest BCUT2D eigenvalue weighted by atomic mass is 16.6. The summed E-state index contributed by atoms with van der Waals surface area (Å²) < 4.78 is 16.8. The van der Waals surface area contributed by atoms with Crippen molar-refractivity contribution >= 4 is 17.9 Å². The van der Waals surface area contributed by atoms with E-state index in [1.165, 1.54) is 122 Å². The second kappa shape index (κ2) is 51.7. The molecule has 0 radical (unpaired) electrons. The van der Waals surface area contributed by atoms with Crippen LogP contribution >= 0.6 is 0 Å². The van der Waals surface area contributed by atoms with E-state index in [0.29, 0.717) is 19.3 Å². The van der Waals surface area contributed by atoms with Crippen LogP contribution in [0.4, 0.5) is 0 Å². The lowest BCUT2D eigenvalue weighted by Gasteiger charge is -2.18. The SMILES string of the molecule is CC/C=C\C/C=C\C/C=C\CCCCCCCC(=O)OC(COC(=O)CCCCCCC/C=C\CCCCCC)COC(=O)CCCCCCCCC/C=C\CCCCCCCC. The number of esters is 3. The molecule has 0 aromatic rings. The predicted molar refractivity (Wildman–Crippen MR) is 270 cm³/mol. The fraction of sp³-hybridized carbons (Fsp3) is 0.772. The fourth-order valence-corrected chi connectivity index (χ4v) is 7.45. The Balaban J connectivity index is 4.40. The van der Waals surface area contributed by atoms with Gasteiger partial charge in [-0.3, -0.25) is 14.4 Å². The molecule has 0 heterocycles. The molecule has 0 rings (SSSR count). The smallest absolute Gasteiger partial charge is 0.306 e. The molecule has 0 saturated heterocycles. The lowest BCUT2D eigenvalue weighted by molar-refractivity contribution is -0.167. The Kier molecular flexibility index (Phi) is 49.4. The molecule has 364 valence electrons. The molecule has 0 saturated carbocycles. The van der Waals surface area contributed by atoms with E-state index in [-0.39, 0.29) is 31.1 Å². The van der Waals surface area contributed by atoms with Crippen molar-refractivity contribution in [3.05, 3.63) is 60.8 Å². The maximum Gasteiger partial charge on any atom is 0.306 e. The maximum absolute atomic E-state index is 12.8. The second-order valence-electron chi connectivity index (χ2n) is 17.7. The number of unbranched alkanes of at least 4 members (excludes halogenated alkanes) is 27. The van der Waals surface area contributed by atoms with Gasteiger partial charge in [0.15, 0.2) is 6.10 Å². The van der Waals surface area contributed by atoms with Gasteiger partial charge in [-0.2, -0.15) is 0 Å². The zero-order valence-electron chi connectivity index (χ0n) is 41.6. The van der Waals surface area contributed by atoms with Crippen molar-refractivity contribution in [3.63, 3.8) is 0 Å². The first-order valence-corrected chi connectivity index (χ1v) is 26.8. The molecule has 0 amide bonds. The van der Waals surface area contributed by atoms with E-state index in [0.717, 1.165) is 103 Å². The van der Waals surface area contributed by atoms with Gasteiger partial charge in [0.25, 0.3) is 0 Å². The van der Waals surface area contributed by atoms with E-state index < -0.39 is 6.10 Å². The van der Waals surface area contributed by atoms with Gasteiger partial charge in [0.2, 0.25) is 0 Å². The van der Waals surface area contributed by atoms with Crippen LogP contribution in [0.2, 0.25) is 0 Å². The first-order valence-electron chi connectivity index (χ1n) is 26.8. The Hall–Kier alpha value is -2.89. The normalized spacial score (nSPS) is 12.5. The van der Waals surface area contributed by atoms with Crippen LogP contribution in [0.3, 0.4) is 0 Å². The molecule has 0 N–H and O–H groups in total. The van der Waals surface area contributed by atoms with Gasteiger partial charge in [0.1, 0.15) is 13.2 Å². The third-order valence-electron chi connectivity index (χ3n) is 11.5. The average Bonchev–Trinajstić information content (AvgIpc) is 3.28. The molecule has 1 atom stereocenters. The van der Waals surface area contributed by atoms with Crippen molar-refractivity contribution in [2.75, 3.05) is 13.2 Å². The molecule has 6 nitrogen and oxygen atoms in total. The van der Waals surface area contributed by atoms with Crippen LogP contribution in [0, 0.1) is 0 Å². The number of rotatable bonds is 48. The summed E-state index contributed by atoms with van der Waals surface area (Å²) in [4.78, 5) is 38.0. The number of allylic oxidation sites excluding steroid dienone is 10. The van der Waals surface area contributed by atoms with Crippen molar-refractivity contribution in [1.82, 2.24) is 0 Å². The van der Waals surface area contributed by atoms with Gasteiger partial charge in [-0.05, 0) is 103 Å². The molecule has 0 aliphatic heterocycles. The summed E-state index contributed by atoms with van der Waals surface area (Å²) in [7, 11) is 0. The van der Waals surface area contributed by atoms with Crippen molar-refractivity contribution < 1.29 is 28.6 Å². The molecule has 0 aliphatic rings. The third kappa shape index (κ3) is 50.0. The molecule has 0 aromatic heterocycles. The van der Waals surface area contributed by atoms with E-state index in [9.17, 15) is 14.4 Å². The molecule has 0 fully saturated rings. The summed E-state index contributed by atoms with van der Waals surface area (Å²) in [6.07, 6.45) is 63.4. The first-order chi connectivity index (χ1) is 31.0. The summed E-state index contributed by atoms with van der Waals surface area (Å²) in [6, 6.07) is 0. The van der Waals surface area contributed by atoms with Crippen molar-refractivity contribution in [2.24, 2.45) is 0 Å². The standard InChI is InChI=1S/C57H100O6/c1-4-7-10-13-16-19-22-25-27-28-30-32-35-38-41-44-47-50-56(59)62-53-54(52-61-55(58)49-46-43-40-37-34-31-24-21-18-15-12-9-6-3)63-57(60)51-48-45-42-39-36-33-29-26-23-20-17-14-11-8-5-2/h8,11,17,20-21,24-27,29,54H,4-7,9-10,12-16,18-19,22-23,28,30-53H2,1-3H3/b11-8-,20-17-,24-21-,27-25-,29-26-. The summed E-state index contributed by atoms with van der Waals surface area (Å²) in [5, 5.41) is 0. The van der Waals surface area contributed by atoms with Crippen molar-refractivity contribution in [3.8, 4) is 0 Å². The number of hydrogen-bond acceptors (Lipinski definition) is 6. The summed E-state index contributed by atoms with van der Waals surface area (Å²) in [6.45, 7) is 6.49. The molecule has 0 aliphatic carbocycles. The monoisotopic (exact) mass is 881 g/mol. The third-order valence-corrected chi connectivity index (χ3v) is 11.5. The van der Waals surface area contributed by atoms with Gasteiger partial charge in [-0.25, -0.2) is 0 Å². The van der Waals surface area contributed by atoms with E-state index in [1.807, 2.05) is 0 Å². The minimum atomic E-state index is -0.787. The van der Waals surface area contributed by atoms with Crippen LogP contribution in [-0.2, 0) is 28.6 Å². The van der Waals surface area contributed by atoms with Crippen LogP contribution in [0.25, 0.3) is 0 Å². The van der Waals surface area contributed by atoms with Crippen LogP contribution < -0.4 is 0 Å². The van der Waals surface area contributed by atoms with Gasteiger partial charge < -0.3 is 14.2 Å². The largest absolute Gasteiger partial charge is 0.462 e. The molecule has 0 spiro atoms. The molecule has 0 bridgehead atoms. The fourth-order valence-electron chi connectivity index (χ4n) is 7.45. The Morgan fingerprint density at radius 1 is 0.333 bits per heavy atom. The number of ether oxygens (including phenoxy) is 3. The van der Waals surface area contributed by atoms with E-state index in [2.05, 4.69) is 81.5 Å². The quantitative estimate of drug-likeness (QED) is 0.0262. The van der Waals surface area contributed by atoms with Gasteiger partial charge >= 0.3 is 17.9 Å². The summed E-state index contributed by atoms with van der Waals surface area (Å²) >= 11 is 0.